The Morgan fingerprint density at radius 3 is 2.31 bits per heavy atom. The van der Waals surface area contributed by atoms with Crippen LogP contribution in [0, 0.1) is 11.8 Å². The van der Waals surface area contributed by atoms with Crippen molar-refractivity contribution >= 4 is 11.6 Å². The molecule has 1 N–H and O–H groups in total. The van der Waals surface area contributed by atoms with Crippen molar-refractivity contribution in [2.45, 2.75) is 38.3 Å². The first-order chi connectivity index (χ1) is 15.7. The van der Waals surface area contributed by atoms with E-state index in [0.29, 0.717) is 6.04 Å². The number of nitrogens with one attached hydrogen (secondary N) is 1. The van der Waals surface area contributed by atoms with E-state index in [1.54, 1.807) is 0 Å². The summed E-state index contributed by atoms with van der Waals surface area (Å²) in [5, 5.41) is 4.18. The van der Waals surface area contributed by atoms with E-state index in [1.165, 1.54) is 24.0 Å². The molecular weight excluding hydrogens is 414 g/mol. The molecule has 0 spiro atoms. The van der Waals surface area contributed by atoms with Crippen LogP contribution in [-0.2, 0) is 13.0 Å². The quantitative estimate of drug-likeness (QED) is 0.505. The zero-order valence-corrected chi connectivity index (χ0v) is 19.4. The van der Waals surface area contributed by atoms with Gasteiger partial charge in [0.15, 0.2) is 0 Å². The van der Waals surface area contributed by atoms with Gasteiger partial charge in [0.2, 0.25) is 0 Å². The van der Waals surface area contributed by atoms with E-state index in [4.69, 9.17) is 11.6 Å². The molecule has 4 heteroatoms. The van der Waals surface area contributed by atoms with Gasteiger partial charge in [0.1, 0.15) is 5.69 Å². The highest BCUT2D eigenvalue weighted by atomic mass is 35.5. The van der Waals surface area contributed by atoms with Gasteiger partial charge in [0.05, 0.1) is 0 Å². The van der Waals surface area contributed by atoms with Crippen molar-refractivity contribution in [2.24, 2.45) is 0 Å². The monoisotopic (exact) mass is 443 g/mol. The van der Waals surface area contributed by atoms with Gasteiger partial charge in [0.25, 0.3) is 0 Å². The molecule has 164 valence electrons. The molecule has 3 aromatic rings. The third-order valence-corrected chi connectivity index (χ3v) is 6.34. The van der Waals surface area contributed by atoms with Crippen LogP contribution in [0.4, 0.5) is 0 Å². The number of hydrogen-bond acceptors (Lipinski definition) is 3. The zero-order chi connectivity index (χ0) is 22.2. The first-order valence-electron chi connectivity index (χ1n) is 11.4. The minimum Gasteiger partial charge on any atom is -0.317 e. The predicted octanol–water partition coefficient (Wildman–Crippen LogP) is 5.57. The SMILES string of the molecule is CN(Cc1ccc(CCC#Cc2ccc(-c3ccc(Cl)cc3)cn2)cc1)C1CCNCC1. The third kappa shape index (κ3) is 6.43. The summed E-state index contributed by atoms with van der Waals surface area (Å²) < 4.78 is 0. The molecule has 0 aliphatic carbocycles. The van der Waals surface area contributed by atoms with Gasteiger partial charge < -0.3 is 5.32 Å². The minimum atomic E-state index is 0.695. The van der Waals surface area contributed by atoms with Crippen molar-refractivity contribution in [1.29, 1.82) is 0 Å². The largest absolute Gasteiger partial charge is 0.317 e. The summed E-state index contributed by atoms with van der Waals surface area (Å²) in [4.78, 5) is 6.98. The van der Waals surface area contributed by atoms with Gasteiger partial charge in [-0.15, -0.1) is 0 Å². The standard InChI is InChI=1S/C28H30ClN3/c1-32(28-16-18-30-19-17-28)21-23-8-6-22(7-9-23)4-2-3-5-27-15-12-25(20-31-27)24-10-13-26(29)14-11-24/h6-15,20,28,30H,2,4,16-19,21H2,1H3. The number of aromatic nitrogens is 1. The van der Waals surface area contributed by atoms with Gasteiger partial charge in [-0.3, -0.25) is 4.90 Å². The minimum absolute atomic E-state index is 0.695. The van der Waals surface area contributed by atoms with Crippen LogP contribution in [0.2, 0.25) is 5.02 Å². The molecule has 2 heterocycles. The highest BCUT2D eigenvalue weighted by Gasteiger charge is 2.17. The predicted molar refractivity (Wildman–Crippen MR) is 134 cm³/mol. The lowest BCUT2D eigenvalue weighted by molar-refractivity contribution is 0.192. The maximum absolute atomic E-state index is 5.96. The second-order valence-electron chi connectivity index (χ2n) is 8.45. The van der Waals surface area contributed by atoms with Crippen molar-refractivity contribution in [2.75, 3.05) is 20.1 Å². The summed E-state index contributed by atoms with van der Waals surface area (Å²) in [5.74, 6) is 6.45. The van der Waals surface area contributed by atoms with Crippen LogP contribution < -0.4 is 5.32 Å². The maximum Gasteiger partial charge on any atom is 0.113 e. The summed E-state index contributed by atoms with van der Waals surface area (Å²) in [6.45, 7) is 3.29. The number of hydrogen-bond donors (Lipinski definition) is 1. The lowest BCUT2D eigenvalue weighted by Gasteiger charge is -2.31. The maximum atomic E-state index is 5.96. The fourth-order valence-corrected chi connectivity index (χ4v) is 4.24. The smallest absolute Gasteiger partial charge is 0.113 e. The first kappa shape index (κ1) is 22.6. The molecule has 1 fully saturated rings. The Labute approximate surface area is 196 Å². The van der Waals surface area contributed by atoms with Crippen molar-refractivity contribution in [3.63, 3.8) is 0 Å². The van der Waals surface area contributed by atoms with Crippen molar-refractivity contribution in [3.05, 3.63) is 88.7 Å². The fourth-order valence-electron chi connectivity index (χ4n) is 4.12. The van der Waals surface area contributed by atoms with E-state index >= 15 is 0 Å². The molecule has 0 amide bonds. The van der Waals surface area contributed by atoms with E-state index < -0.39 is 0 Å². The number of rotatable bonds is 6. The van der Waals surface area contributed by atoms with Crippen LogP contribution in [0.1, 0.15) is 36.1 Å². The second kappa shape index (κ2) is 11.3. The van der Waals surface area contributed by atoms with Gasteiger partial charge in [-0.25, -0.2) is 4.98 Å². The van der Waals surface area contributed by atoms with Crippen LogP contribution in [-0.4, -0.2) is 36.1 Å². The van der Waals surface area contributed by atoms with E-state index in [-0.39, 0.29) is 0 Å². The average Bonchev–Trinajstić information content (AvgIpc) is 2.84. The molecule has 1 aliphatic rings. The molecule has 0 saturated carbocycles. The van der Waals surface area contributed by atoms with Gasteiger partial charge >= 0.3 is 0 Å². The van der Waals surface area contributed by atoms with Gasteiger partial charge in [-0.1, -0.05) is 60.0 Å². The number of piperidine rings is 1. The normalized spacial score (nSPS) is 14.2. The molecule has 1 aromatic heterocycles. The molecule has 4 rings (SSSR count). The Kier molecular flexibility index (Phi) is 7.96. The molecular formula is C28H30ClN3. The van der Waals surface area contributed by atoms with Crippen LogP contribution in [0.3, 0.4) is 0 Å². The highest BCUT2D eigenvalue weighted by molar-refractivity contribution is 6.30. The van der Waals surface area contributed by atoms with Crippen LogP contribution in [0.25, 0.3) is 11.1 Å². The number of halogens is 1. The summed E-state index contributed by atoms with van der Waals surface area (Å²) >= 11 is 5.96. The van der Waals surface area contributed by atoms with E-state index in [1.807, 2.05) is 36.5 Å². The molecule has 0 atom stereocenters. The van der Waals surface area contributed by atoms with Gasteiger partial charge in [-0.2, -0.15) is 0 Å². The van der Waals surface area contributed by atoms with Gasteiger partial charge in [-0.05, 0) is 80.2 Å². The Morgan fingerprint density at radius 2 is 1.62 bits per heavy atom. The van der Waals surface area contributed by atoms with E-state index in [9.17, 15) is 0 Å². The first-order valence-corrected chi connectivity index (χ1v) is 11.7. The van der Waals surface area contributed by atoms with Crippen LogP contribution in [0.15, 0.2) is 66.9 Å². The van der Waals surface area contributed by atoms with Crippen molar-refractivity contribution in [3.8, 4) is 23.0 Å². The number of benzene rings is 2. The molecule has 0 unspecified atom stereocenters. The molecule has 32 heavy (non-hydrogen) atoms. The molecule has 1 saturated heterocycles. The highest BCUT2D eigenvalue weighted by Crippen LogP contribution is 2.20. The summed E-state index contributed by atoms with van der Waals surface area (Å²) in [5.41, 5.74) is 5.69. The lowest BCUT2D eigenvalue weighted by Crippen LogP contribution is -2.40. The number of nitrogens with zero attached hydrogens (tertiary/aromatic N) is 2. The van der Waals surface area contributed by atoms with Crippen molar-refractivity contribution in [1.82, 2.24) is 15.2 Å². The van der Waals surface area contributed by atoms with Crippen molar-refractivity contribution < 1.29 is 0 Å². The van der Waals surface area contributed by atoms with Crippen LogP contribution in [0.5, 0.6) is 0 Å². The average molecular weight is 444 g/mol. The summed E-state index contributed by atoms with van der Waals surface area (Å²) in [6.07, 6.45) is 6.14. The Bertz CT molecular complexity index is 1040. The van der Waals surface area contributed by atoms with E-state index in [0.717, 1.165) is 54.3 Å². The fraction of sp³-hybridized carbons (Fsp3) is 0.321. The Balaban J connectivity index is 1.25. The molecule has 3 nitrogen and oxygen atoms in total. The Hall–Kier alpha value is -2.64. The Morgan fingerprint density at radius 1 is 0.938 bits per heavy atom. The number of pyridine rings is 1. The zero-order valence-electron chi connectivity index (χ0n) is 18.7. The van der Waals surface area contributed by atoms with Gasteiger partial charge in [0, 0.05) is 35.8 Å². The van der Waals surface area contributed by atoms with E-state index in [2.05, 4.69) is 64.4 Å². The number of aryl methyl sites for hydroxylation is 1. The summed E-state index contributed by atoms with van der Waals surface area (Å²) in [7, 11) is 2.25. The molecule has 0 bridgehead atoms. The second-order valence-corrected chi connectivity index (χ2v) is 8.89. The third-order valence-electron chi connectivity index (χ3n) is 6.08. The van der Waals surface area contributed by atoms with Crippen LogP contribution >= 0.6 is 11.6 Å². The summed E-state index contributed by atoms with van der Waals surface area (Å²) in [6, 6.07) is 21.5. The molecule has 0 radical (unpaired) electrons. The molecule has 2 aromatic carbocycles. The molecule has 1 aliphatic heterocycles. The topological polar surface area (TPSA) is 28.2 Å². The lowest BCUT2D eigenvalue weighted by atomic mass is 10.0.